The molecule has 2 rings (SSSR count). The van der Waals surface area contributed by atoms with Gasteiger partial charge in [-0.05, 0) is 0 Å². The summed E-state index contributed by atoms with van der Waals surface area (Å²) in [6.07, 6.45) is 0. The molecule has 2 aromatic rings. The van der Waals surface area contributed by atoms with E-state index < -0.39 is 8.00 Å². The number of hydrogen-bond donors (Lipinski definition) is 0. The molecule has 0 bridgehead atoms. The van der Waals surface area contributed by atoms with Gasteiger partial charge in [0.2, 0.25) is 0 Å². The second-order valence-corrected chi connectivity index (χ2v) is 5.44. The SMILES string of the molecule is FP(F)(F)(F)N(c1ccccc1)c1ccccc1. The van der Waals surface area contributed by atoms with Gasteiger partial charge in [0.15, 0.2) is 0 Å². The second-order valence-electron chi connectivity index (χ2n) is 3.67. The molecule has 1 nitrogen and oxygen atoms in total. The van der Waals surface area contributed by atoms with Gasteiger partial charge >= 0.3 is 101 Å². The first-order chi connectivity index (χ1) is 8.35. The Bertz CT molecular complexity index is 475. The van der Waals surface area contributed by atoms with Crippen LogP contribution in [-0.2, 0) is 0 Å². The summed E-state index contributed by atoms with van der Waals surface area (Å²) < 4.78 is 52.5. The maximum absolute atomic E-state index is 13.2. The van der Waals surface area contributed by atoms with Crippen molar-refractivity contribution >= 4 is 19.4 Å². The van der Waals surface area contributed by atoms with E-state index in [0.717, 1.165) is 0 Å². The summed E-state index contributed by atoms with van der Waals surface area (Å²) in [7, 11) is -7.91. The van der Waals surface area contributed by atoms with Crippen molar-refractivity contribution in [1.82, 2.24) is 0 Å². The third-order valence-corrected chi connectivity index (χ3v) is 3.37. The number of benzene rings is 2. The van der Waals surface area contributed by atoms with Gasteiger partial charge in [-0.2, -0.15) is 0 Å². The molecule has 0 aliphatic rings. The molecule has 0 aliphatic carbocycles. The Labute approximate surface area is 102 Å². The summed E-state index contributed by atoms with van der Waals surface area (Å²) >= 11 is 0. The Kier molecular flexibility index (Phi) is 3.03. The number of rotatable bonds is 3. The third kappa shape index (κ3) is 2.79. The molecule has 0 aliphatic heterocycles. The fraction of sp³-hybridized carbons (Fsp3) is 0. The number of hydrogen-bond acceptors (Lipinski definition) is 1. The van der Waals surface area contributed by atoms with Crippen LogP contribution >= 0.6 is 8.00 Å². The zero-order chi connectivity index (χ0) is 13.3. The van der Waals surface area contributed by atoms with Crippen LogP contribution in [0.5, 0.6) is 0 Å². The van der Waals surface area contributed by atoms with Crippen LogP contribution in [0.1, 0.15) is 0 Å². The van der Waals surface area contributed by atoms with Crippen molar-refractivity contribution in [1.29, 1.82) is 0 Å². The van der Waals surface area contributed by atoms with E-state index in [1.807, 2.05) is 0 Å². The Balaban J connectivity index is 2.57. The topological polar surface area (TPSA) is 3.24 Å². The minimum atomic E-state index is -7.91. The molecule has 96 valence electrons. The van der Waals surface area contributed by atoms with Gasteiger partial charge in [-0.1, -0.05) is 0 Å². The van der Waals surface area contributed by atoms with Crippen molar-refractivity contribution in [3.63, 3.8) is 0 Å². The normalized spacial score (nSPS) is 13.7. The molecule has 0 saturated heterocycles. The van der Waals surface area contributed by atoms with Crippen LogP contribution < -0.4 is 4.67 Å². The summed E-state index contributed by atoms with van der Waals surface area (Å²) in [6, 6.07) is 13.8. The summed E-state index contributed by atoms with van der Waals surface area (Å²) in [5.41, 5.74) is -0.451. The van der Waals surface area contributed by atoms with E-state index >= 15 is 0 Å². The van der Waals surface area contributed by atoms with Crippen molar-refractivity contribution in [2.75, 3.05) is 4.67 Å². The van der Waals surface area contributed by atoms with E-state index in [-0.39, 0.29) is 16.0 Å². The van der Waals surface area contributed by atoms with Crippen molar-refractivity contribution in [2.24, 2.45) is 0 Å². The molecule has 2 aromatic carbocycles. The Morgan fingerprint density at radius 3 is 1.22 bits per heavy atom. The number of halogens is 4. The second kappa shape index (κ2) is 4.25. The van der Waals surface area contributed by atoms with Crippen LogP contribution in [-0.4, -0.2) is 0 Å². The molecule has 0 aromatic heterocycles. The van der Waals surface area contributed by atoms with E-state index in [9.17, 15) is 16.8 Å². The Hall–Kier alpha value is -1.61. The summed E-state index contributed by atoms with van der Waals surface area (Å²) in [4.78, 5) is 0. The molecule has 0 heterocycles. The van der Waals surface area contributed by atoms with Gasteiger partial charge in [-0.15, -0.1) is 0 Å². The first-order valence-electron chi connectivity index (χ1n) is 5.14. The molecule has 0 amide bonds. The summed E-state index contributed by atoms with van der Waals surface area (Å²) in [5.74, 6) is 0. The fourth-order valence-corrected chi connectivity index (χ4v) is 2.60. The molecule has 0 unspecified atom stereocenters. The molecule has 0 radical (unpaired) electrons. The van der Waals surface area contributed by atoms with E-state index in [1.54, 1.807) is 12.1 Å². The average Bonchev–Trinajstić information content (AvgIpc) is 2.29. The summed E-state index contributed by atoms with van der Waals surface area (Å²) in [5, 5.41) is 0. The van der Waals surface area contributed by atoms with Crippen LogP contribution in [0.15, 0.2) is 60.7 Å². The Morgan fingerprint density at radius 1 is 0.611 bits per heavy atom. The third-order valence-electron chi connectivity index (χ3n) is 2.30. The average molecular weight is 275 g/mol. The van der Waals surface area contributed by atoms with E-state index in [1.165, 1.54) is 48.5 Å². The molecular weight excluding hydrogens is 265 g/mol. The van der Waals surface area contributed by atoms with Gasteiger partial charge in [0, 0.05) is 0 Å². The van der Waals surface area contributed by atoms with Gasteiger partial charge in [-0.3, -0.25) is 0 Å². The van der Waals surface area contributed by atoms with Crippen molar-refractivity contribution in [2.45, 2.75) is 0 Å². The number of para-hydroxylation sites is 2. The number of nitrogens with zero attached hydrogens (tertiary/aromatic N) is 1. The molecule has 6 heteroatoms. The minimum absolute atomic E-state index is 0.161. The molecule has 0 spiro atoms. The van der Waals surface area contributed by atoms with Crippen molar-refractivity contribution in [3.8, 4) is 0 Å². The Morgan fingerprint density at radius 2 is 0.944 bits per heavy atom. The van der Waals surface area contributed by atoms with Gasteiger partial charge in [0.1, 0.15) is 0 Å². The predicted octanol–water partition coefficient (Wildman–Crippen LogP) is 5.83. The quantitative estimate of drug-likeness (QED) is 0.503. The van der Waals surface area contributed by atoms with Crippen LogP contribution in [0.25, 0.3) is 0 Å². The molecule has 18 heavy (non-hydrogen) atoms. The zero-order valence-corrected chi connectivity index (χ0v) is 10.1. The molecule has 0 saturated carbocycles. The van der Waals surface area contributed by atoms with E-state index in [0.29, 0.717) is 0 Å². The molecule has 0 N–H and O–H groups in total. The van der Waals surface area contributed by atoms with Gasteiger partial charge < -0.3 is 0 Å². The summed E-state index contributed by atoms with van der Waals surface area (Å²) in [6.45, 7) is 0. The van der Waals surface area contributed by atoms with Gasteiger partial charge in [0.05, 0.1) is 0 Å². The maximum atomic E-state index is 13.2. The van der Waals surface area contributed by atoms with Gasteiger partial charge in [-0.25, -0.2) is 0 Å². The first kappa shape index (κ1) is 12.8. The standard InChI is InChI=1S/C12H10F4NP/c13-18(14,15,16)17(11-7-3-1-4-8-11)12-9-5-2-6-10-12/h1-10H. The molecular formula is C12H10F4NP. The predicted molar refractivity (Wildman–Crippen MR) is 66.4 cm³/mol. The van der Waals surface area contributed by atoms with E-state index in [2.05, 4.69) is 0 Å². The van der Waals surface area contributed by atoms with Gasteiger partial charge in [0.25, 0.3) is 0 Å². The molecule has 0 fully saturated rings. The monoisotopic (exact) mass is 275 g/mol. The van der Waals surface area contributed by atoms with Crippen LogP contribution in [0, 0.1) is 0 Å². The van der Waals surface area contributed by atoms with Crippen LogP contribution in [0.3, 0.4) is 0 Å². The van der Waals surface area contributed by atoms with E-state index in [4.69, 9.17) is 0 Å². The fourth-order valence-electron chi connectivity index (χ4n) is 1.64. The zero-order valence-electron chi connectivity index (χ0n) is 9.18. The van der Waals surface area contributed by atoms with Crippen molar-refractivity contribution < 1.29 is 16.8 Å². The molecule has 0 atom stereocenters. The number of anilines is 2. The van der Waals surface area contributed by atoms with Crippen molar-refractivity contribution in [3.05, 3.63) is 60.7 Å². The first-order valence-corrected chi connectivity index (χ1v) is 6.90. The van der Waals surface area contributed by atoms with Crippen LogP contribution in [0.2, 0.25) is 0 Å². The van der Waals surface area contributed by atoms with Crippen LogP contribution in [0.4, 0.5) is 28.2 Å².